The fourth-order valence-corrected chi connectivity index (χ4v) is 3.78. The Hall–Kier alpha value is -1.06. The molecule has 1 saturated heterocycles. The highest BCUT2D eigenvalue weighted by Crippen LogP contribution is 2.40. The highest BCUT2D eigenvalue weighted by atomic mass is 16.5. The third kappa shape index (κ3) is 2.57. The van der Waals surface area contributed by atoms with Gasteiger partial charge in [0.1, 0.15) is 5.75 Å². The summed E-state index contributed by atoms with van der Waals surface area (Å²) in [5.74, 6) is 1.63. The monoisotopic (exact) mass is 274 g/mol. The Morgan fingerprint density at radius 3 is 2.95 bits per heavy atom. The predicted octanol–water partition coefficient (Wildman–Crippen LogP) is 2.83. The second kappa shape index (κ2) is 6.15. The van der Waals surface area contributed by atoms with Crippen LogP contribution in [0.4, 0.5) is 0 Å². The summed E-state index contributed by atoms with van der Waals surface area (Å²) in [6.45, 7) is 8.85. The van der Waals surface area contributed by atoms with Crippen LogP contribution in [0, 0.1) is 5.92 Å². The van der Waals surface area contributed by atoms with Crippen molar-refractivity contribution in [2.24, 2.45) is 5.92 Å². The van der Waals surface area contributed by atoms with Gasteiger partial charge in [0.15, 0.2) is 0 Å². The molecule has 3 atom stereocenters. The van der Waals surface area contributed by atoms with Crippen molar-refractivity contribution >= 4 is 0 Å². The van der Waals surface area contributed by atoms with E-state index >= 15 is 0 Å². The predicted molar refractivity (Wildman–Crippen MR) is 82.1 cm³/mol. The van der Waals surface area contributed by atoms with Crippen LogP contribution in [0.15, 0.2) is 24.3 Å². The average Bonchev–Trinajstić information content (AvgIpc) is 2.51. The fourth-order valence-electron chi connectivity index (χ4n) is 3.78. The number of ether oxygens (including phenoxy) is 1. The van der Waals surface area contributed by atoms with E-state index in [9.17, 15) is 0 Å². The molecule has 1 aromatic carbocycles. The van der Waals surface area contributed by atoms with Crippen molar-refractivity contribution < 1.29 is 4.74 Å². The number of fused-ring (bicyclic) bond motifs is 1. The summed E-state index contributed by atoms with van der Waals surface area (Å²) in [5.41, 5.74) is 1.37. The van der Waals surface area contributed by atoms with Crippen molar-refractivity contribution in [3.05, 3.63) is 29.8 Å². The minimum atomic E-state index is 0.495. The molecule has 3 heteroatoms. The molecule has 0 radical (unpaired) electrons. The van der Waals surface area contributed by atoms with Crippen molar-refractivity contribution in [3.8, 4) is 5.75 Å². The molecule has 20 heavy (non-hydrogen) atoms. The van der Waals surface area contributed by atoms with Gasteiger partial charge < -0.3 is 10.1 Å². The molecule has 2 aliphatic heterocycles. The van der Waals surface area contributed by atoms with E-state index in [0.29, 0.717) is 18.0 Å². The van der Waals surface area contributed by atoms with Crippen LogP contribution >= 0.6 is 0 Å². The van der Waals surface area contributed by atoms with Crippen LogP contribution in [0.2, 0.25) is 0 Å². The lowest BCUT2D eigenvalue weighted by molar-refractivity contribution is 0.0502. The molecule has 0 aliphatic carbocycles. The van der Waals surface area contributed by atoms with Gasteiger partial charge in [-0.1, -0.05) is 32.0 Å². The lowest BCUT2D eigenvalue weighted by Crippen LogP contribution is -2.50. The molecule has 2 aliphatic rings. The number of benzene rings is 1. The van der Waals surface area contributed by atoms with Gasteiger partial charge in [-0.3, -0.25) is 4.90 Å². The Morgan fingerprint density at radius 2 is 2.20 bits per heavy atom. The van der Waals surface area contributed by atoms with Gasteiger partial charge in [-0.05, 0) is 32.0 Å². The standard InChI is InChI=1S/C17H26N2O/c1-3-19(14-7-6-10-18-11-14)17-13(2)12-20-16-9-5-4-8-15(16)17/h4-5,8-9,13-14,17-18H,3,6-7,10-12H2,1-2H3. The third-order valence-electron chi connectivity index (χ3n) is 4.74. The van der Waals surface area contributed by atoms with Gasteiger partial charge in [-0.2, -0.15) is 0 Å². The summed E-state index contributed by atoms with van der Waals surface area (Å²) in [6, 6.07) is 9.72. The molecular formula is C17H26N2O. The molecule has 0 bridgehead atoms. The number of hydrogen-bond donors (Lipinski definition) is 1. The Morgan fingerprint density at radius 1 is 1.35 bits per heavy atom. The van der Waals surface area contributed by atoms with E-state index in [-0.39, 0.29) is 0 Å². The summed E-state index contributed by atoms with van der Waals surface area (Å²) in [4.78, 5) is 2.69. The van der Waals surface area contributed by atoms with Gasteiger partial charge in [0.2, 0.25) is 0 Å². The summed E-state index contributed by atoms with van der Waals surface area (Å²) in [7, 11) is 0. The highest BCUT2D eigenvalue weighted by Gasteiger charge is 2.35. The molecule has 1 fully saturated rings. The third-order valence-corrected chi connectivity index (χ3v) is 4.74. The van der Waals surface area contributed by atoms with E-state index in [1.165, 1.54) is 24.9 Å². The normalized spacial score (nSPS) is 29.9. The fraction of sp³-hybridized carbons (Fsp3) is 0.647. The van der Waals surface area contributed by atoms with Gasteiger partial charge in [-0.25, -0.2) is 0 Å². The molecule has 0 amide bonds. The minimum absolute atomic E-state index is 0.495. The number of piperidine rings is 1. The first-order chi connectivity index (χ1) is 9.81. The van der Waals surface area contributed by atoms with Crippen LogP contribution in [0.25, 0.3) is 0 Å². The Kier molecular flexibility index (Phi) is 4.27. The van der Waals surface area contributed by atoms with Crippen molar-refractivity contribution in [1.29, 1.82) is 0 Å². The maximum absolute atomic E-state index is 5.91. The summed E-state index contributed by atoms with van der Waals surface area (Å²) in [6.07, 6.45) is 2.60. The number of rotatable bonds is 3. The first kappa shape index (κ1) is 13.9. The molecule has 3 nitrogen and oxygen atoms in total. The van der Waals surface area contributed by atoms with Gasteiger partial charge in [-0.15, -0.1) is 0 Å². The molecule has 0 spiro atoms. The number of hydrogen-bond acceptors (Lipinski definition) is 3. The summed E-state index contributed by atoms with van der Waals surface area (Å²) in [5, 5.41) is 3.55. The van der Waals surface area contributed by atoms with Crippen molar-refractivity contribution in [3.63, 3.8) is 0 Å². The molecule has 1 aromatic rings. The zero-order valence-electron chi connectivity index (χ0n) is 12.6. The molecule has 110 valence electrons. The van der Waals surface area contributed by atoms with E-state index in [1.807, 2.05) is 0 Å². The van der Waals surface area contributed by atoms with Crippen LogP contribution in [0.3, 0.4) is 0 Å². The zero-order valence-corrected chi connectivity index (χ0v) is 12.6. The smallest absolute Gasteiger partial charge is 0.124 e. The van der Waals surface area contributed by atoms with Crippen LogP contribution in [-0.4, -0.2) is 37.2 Å². The quantitative estimate of drug-likeness (QED) is 0.917. The van der Waals surface area contributed by atoms with E-state index in [2.05, 4.69) is 48.3 Å². The number of likely N-dealkylation sites (N-methyl/N-ethyl adjacent to an activating group) is 1. The molecular weight excluding hydrogens is 248 g/mol. The second-order valence-electron chi connectivity index (χ2n) is 6.10. The molecule has 1 N–H and O–H groups in total. The Bertz CT molecular complexity index is 442. The lowest BCUT2D eigenvalue weighted by Gasteiger charge is -2.44. The molecule has 0 saturated carbocycles. The number of nitrogens with one attached hydrogen (secondary N) is 1. The minimum Gasteiger partial charge on any atom is -0.493 e. The molecule has 3 rings (SSSR count). The van der Waals surface area contributed by atoms with Crippen molar-refractivity contribution in [2.45, 2.75) is 38.8 Å². The first-order valence-corrected chi connectivity index (χ1v) is 7.99. The topological polar surface area (TPSA) is 24.5 Å². The van der Waals surface area contributed by atoms with E-state index < -0.39 is 0 Å². The van der Waals surface area contributed by atoms with Crippen LogP contribution in [0.1, 0.15) is 38.3 Å². The first-order valence-electron chi connectivity index (χ1n) is 7.99. The van der Waals surface area contributed by atoms with Crippen molar-refractivity contribution in [1.82, 2.24) is 10.2 Å². The zero-order chi connectivity index (χ0) is 13.9. The summed E-state index contributed by atoms with van der Waals surface area (Å²) < 4.78 is 5.91. The van der Waals surface area contributed by atoms with Crippen molar-refractivity contribution in [2.75, 3.05) is 26.2 Å². The van der Waals surface area contributed by atoms with E-state index in [0.717, 1.165) is 25.4 Å². The van der Waals surface area contributed by atoms with Crippen LogP contribution in [0.5, 0.6) is 5.75 Å². The molecule has 0 aromatic heterocycles. The average molecular weight is 274 g/mol. The van der Waals surface area contributed by atoms with Gasteiger partial charge in [0, 0.05) is 30.1 Å². The van der Waals surface area contributed by atoms with E-state index in [1.54, 1.807) is 0 Å². The maximum atomic E-state index is 5.91. The Labute approximate surface area is 122 Å². The molecule has 2 heterocycles. The largest absolute Gasteiger partial charge is 0.493 e. The highest BCUT2D eigenvalue weighted by molar-refractivity contribution is 5.38. The van der Waals surface area contributed by atoms with Gasteiger partial charge in [0.05, 0.1) is 6.61 Å². The summed E-state index contributed by atoms with van der Waals surface area (Å²) >= 11 is 0. The van der Waals surface area contributed by atoms with Crippen LogP contribution in [-0.2, 0) is 0 Å². The lowest BCUT2D eigenvalue weighted by atomic mass is 9.88. The van der Waals surface area contributed by atoms with Gasteiger partial charge in [0.25, 0.3) is 0 Å². The second-order valence-corrected chi connectivity index (χ2v) is 6.10. The number of para-hydroxylation sites is 1. The molecule has 3 unspecified atom stereocenters. The van der Waals surface area contributed by atoms with E-state index in [4.69, 9.17) is 4.74 Å². The van der Waals surface area contributed by atoms with Gasteiger partial charge >= 0.3 is 0 Å². The maximum Gasteiger partial charge on any atom is 0.124 e. The SMILES string of the molecule is CCN(C1CCCNC1)C1c2ccccc2OCC1C. The number of nitrogens with zero attached hydrogens (tertiary/aromatic N) is 1. The van der Waals surface area contributed by atoms with Crippen LogP contribution < -0.4 is 10.1 Å². The Balaban J connectivity index is 1.89.